The number of fused-ring (bicyclic) bond motifs is 2. The van der Waals surface area contributed by atoms with Gasteiger partial charge in [-0.15, -0.1) is 5.10 Å². The molecule has 5 heterocycles. The van der Waals surface area contributed by atoms with Crippen molar-refractivity contribution in [2.75, 3.05) is 31.6 Å². The third kappa shape index (κ3) is 3.95. The van der Waals surface area contributed by atoms with Crippen molar-refractivity contribution in [3.8, 4) is 11.1 Å². The van der Waals surface area contributed by atoms with Gasteiger partial charge in [0, 0.05) is 60.6 Å². The highest BCUT2D eigenvalue weighted by molar-refractivity contribution is 5.79. The molecule has 33 heavy (non-hydrogen) atoms. The van der Waals surface area contributed by atoms with E-state index < -0.39 is 0 Å². The Bertz CT molecular complexity index is 1250. The first-order valence-electron chi connectivity index (χ1n) is 12.0. The molecule has 0 atom stereocenters. The highest BCUT2D eigenvalue weighted by Gasteiger charge is 2.27. The average molecular weight is 447 g/mol. The minimum atomic E-state index is 0.426. The van der Waals surface area contributed by atoms with Crippen LogP contribution in [0.5, 0.6) is 0 Å². The van der Waals surface area contributed by atoms with Crippen LogP contribution in [0.4, 0.5) is 5.95 Å². The van der Waals surface area contributed by atoms with Crippen molar-refractivity contribution in [2.45, 2.75) is 51.1 Å². The van der Waals surface area contributed by atoms with Crippen molar-refractivity contribution in [2.24, 2.45) is 0 Å². The van der Waals surface area contributed by atoms with Gasteiger partial charge in [-0.2, -0.15) is 0 Å². The maximum absolute atomic E-state index is 5.50. The van der Waals surface area contributed by atoms with Gasteiger partial charge in [-0.05, 0) is 38.2 Å². The van der Waals surface area contributed by atoms with Gasteiger partial charge >= 0.3 is 0 Å². The number of aromatic nitrogens is 6. The van der Waals surface area contributed by atoms with Crippen molar-refractivity contribution in [1.82, 2.24) is 33.9 Å². The molecular formula is C24H30N8O. The quantitative estimate of drug-likeness (QED) is 0.504. The molecule has 4 aromatic rings. The molecule has 6 rings (SSSR count). The fourth-order valence-electron chi connectivity index (χ4n) is 5.24. The Hall–Kier alpha value is -3.04. The number of ether oxygens (including phenoxy) is 1. The summed E-state index contributed by atoms with van der Waals surface area (Å²) in [6.45, 7) is 6.01. The van der Waals surface area contributed by atoms with E-state index in [2.05, 4.69) is 48.8 Å². The number of rotatable bonds is 5. The summed E-state index contributed by atoms with van der Waals surface area (Å²) in [5.41, 5.74) is 4.21. The second-order valence-corrected chi connectivity index (χ2v) is 9.05. The van der Waals surface area contributed by atoms with Crippen molar-refractivity contribution in [1.29, 1.82) is 0 Å². The maximum Gasteiger partial charge on any atom is 0.241 e. The summed E-state index contributed by atoms with van der Waals surface area (Å²) in [5, 5.41) is 8.31. The van der Waals surface area contributed by atoms with E-state index in [9.17, 15) is 0 Å². The van der Waals surface area contributed by atoms with Crippen LogP contribution in [0.2, 0.25) is 0 Å². The Morgan fingerprint density at radius 3 is 2.67 bits per heavy atom. The average Bonchev–Trinajstić information content (AvgIpc) is 3.48. The van der Waals surface area contributed by atoms with E-state index in [1.54, 1.807) is 0 Å². The zero-order valence-electron chi connectivity index (χ0n) is 19.0. The number of nitrogens with one attached hydrogen (secondary N) is 1. The zero-order valence-corrected chi connectivity index (χ0v) is 19.0. The molecular weight excluding hydrogens is 416 g/mol. The number of aryl methyl sites for hydroxylation is 1. The largest absolute Gasteiger partial charge is 0.379 e. The number of nitrogens with zero attached hydrogens (tertiary/aromatic N) is 7. The molecule has 4 aromatic heterocycles. The second-order valence-electron chi connectivity index (χ2n) is 9.05. The number of imidazole rings is 1. The van der Waals surface area contributed by atoms with Crippen molar-refractivity contribution in [3.63, 3.8) is 0 Å². The van der Waals surface area contributed by atoms with Gasteiger partial charge in [0.1, 0.15) is 0 Å². The molecule has 9 nitrogen and oxygen atoms in total. The molecule has 9 heteroatoms. The maximum atomic E-state index is 5.50. The van der Waals surface area contributed by atoms with Gasteiger partial charge in [0.15, 0.2) is 0 Å². The molecule has 2 fully saturated rings. The Morgan fingerprint density at radius 1 is 1.03 bits per heavy atom. The number of hydrogen-bond acceptors (Lipinski definition) is 7. The SMILES string of the molecule is CCc1cnc2ncc(-c3ccn4nc(NC5CCC(N6CCOCC6)CC5)ncc34)cn12. The van der Waals surface area contributed by atoms with Crippen LogP contribution in [-0.4, -0.2) is 72.3 Å². The molecule has 1 saturated carbocycles. The summed E-state index contributed by atoms with van der Waals surface area (Å²) < 4.78 is 9.46. The molecule has 0 bridgehead atoms. The van der Waals surface area contributed by atoms with Crippen molar-refractivity contribution >= 4 is 17.2 Å². The minimum absolute atomic E-state index is 0.426. The van der Waals surface area contributed by atoms with Crippen LogP contribution in [-0.2, 0) is 11.2 Å². The number of hydrogen-bond donors (Lipinski definition) is 1. The first-order chi connectivity index (χ1) is 16.3. The van der Waals surface area contributed by atoms with Gasteiger partial charge in [-0.3, -0.25) is 9.30 Å². The molecule has 0 radical (unpaired) electrons. The Morgan fingerprint density at radius 2 is 1.85 bits per heavy atom. The molecule has 1 aliphatic carbocycles. The fourth-order valence-corrected chi connectivity index (χ4v) is 5.24. The standard InChI is InChI=1S/C24H30N8O/c1-2-19-14-27-24-26-13-17(16-31(19)24)21-7-8-32-22(21)15-25-23(29-32)28-18-3-5-20(6-4-18)30-9-11-33-12-10-30/h7-8,13-16,18,20H,2-6,9-12H2,1H3,(H,28,29). The summed E-state index contributed by atoms with van der Waals surface area (Å²) in [6.07, 6.45) is 15.4. The van der Waals surface area contributed by atoms with Crippen LogP contribution in [0, 0.1) is 0 Å². The molecule has 1 aliphatic heterocycles. The van der Waals surface area contributed by atoms with Gasteiger partial charge in [0.05, 0.1) is 31.1 Å². The smallest absolute Gasteiger partial charge is 0.241 e. The lowest BCUT2D eigenvalue weighted by atomic mass is 9.90. The third-order valence-electron chi connectivity index (χ3n) is 7.12. The van der Waals surface area contributed by atoms with E-state index in [1.807, 2.05) is 29.3 Å². The van der Waals surface area contributed by atoms with E-state index in [0.29, 0.717) is 18.0 Å². The molecule has 0 amide bonds. The number of morpholine rings is 1. The van der Waals surface area contributed by atoms with Crippen molar-refractivity contribution in [3.05, 3.63) is 42.7 Å². The van der Waals surface area contributed by atoms with Crippen LogP contribution in [0.15, 0.2) is 37.1 Å². The molecule has 1 saturated heterocycles. The minimum Gasteiger partial charge on any atom is -0.379 e. The summed E-state index contributed by atoms with van der Waals surface area (Å²) in [6, 6.07) is 3.19. The van der Waals surface area contributed by atoms with Gasteiger partial charge in [0.25, 0.3) is 0 Å². The Kier molecular flexibility index (Phi) is 5.43. The molecule has 2 aliphatic rings. The second kappa shape index (κ2) is 8.72. The highest BCUT2D eigenvalue weighted by Crippen LogP contribution is 2.27. The lowest BCUT2D eigenvalue weighted by Gasteiger charge is -2.38. The normalized spacial score (nSPS) is 22.2. The van der Waals surface area contributed by atoms with Crippen molar-refractivity contribution < 1.29 is 4.74 Å². The fraction of sp³-hybridized carbons (Fsp3) is 0.500. The number of anilines is 1. The van der Waals surface area contributed by atoms with Gasteiger partial charge in [-0.1, -0.05) is 6.92 Å². The molecule has 0 spiro atoms. The van der Waals surface area contributed by atoms with Crippen LogP contribution in [0.3, 0.4) is 0 Å². The zero-order chi connectivity index (χ0) is 22.2. The van der Waals surface area contributed by atoms with E-state index >= 15 is 0 Å². The monoisotopic (exact) mass is 446 g/mol. The van der Waals surface area contributed by atoms with Gasteiger partial charge in [0.2, 0.25) is 11.7 Å². The van der Waals surface area contributed by atoms with E-state index in [-0.39, 0.29) is 0 Å². The molecule has 1 N–H and O–H groups in total. The van der Waals surface area contributed by atoms with E-state index in [4.69, 9.17) is 9.84 Å². The topological polar surface area (TPSA) is 84.9 Å². The lowest BCUT2D eigenvalue weighted by molar-refractivity contribution is 0.00790. The summed E-state index contributed by atoms with van der Waals surface area (Å²) in [5.74, 6) is 1.42. The van der Waals surface area contributed by atoms with Crippen LogP contribution in [0.25, 0.3) is 22.4 Å². The van der Waals surface area contributed by atoms with Crippen LogP contribution < -0.4 is 5.32 Å². The highest BCUT2D eigenvalue weighted by atomic mass is 16.5. The molecule has 0 unspecified atom stereocenters. The first-order valence-corrected chi connectivity index (χ1v) is 12.0. The third-order valence-corrected chi connectivity index (χ3v) is 7.12. The van der Waals surface area contributed by atoms with Gasteiger partial charge < -0.3 is 10.1 Å². The summed E-state index contributed by atoms with van der Waals surface area (Å²) in [7, 11) is 0. The van der Waals surface area contributed by atoms with Crippen LogP contribution in [0.1, 0.15) is 38.3 Å². The molecule has 0 aromatic carbocycles. The van der Waals surface area contributed by atoms with Gasteiger partial charge in [-0.25, -0.2) is 19.5 Å². The summed E-state index contributed by atoms with van der Waals surface area (Å²) >= 11 is 0. The first kappa shape index (κ1) is 20.6. The van der Waals surface area contributed by atoms with E-state index in [0.717, 1.165) is 73.7 Å². The Balaban J connectivity index is 1.16. The summed E-state index contributed by atoms with van der Waals surface area (Å²) in [4.78, 5) is 16.1. The Labute approximate surface area is 192 Å². The molecule has 172 valence electrons. The lowest BCUT2D eigenvalue weighted by Crippen LogP contribution is -2.46. The predicted octanol–water partition coefficient (Wildman–Crippen LogP) is 3.06. The predicted molar refractivity (Wildman–Crippen MR) is 126 cm³/mol. The van der Waals surface area contributed by atoms with E-state index in [1.165, 1.54) is 12.8 Å². The van der Waals surface area contributed by atoms with Crippen LogP contribution >= 0.6 is 0 Å².